The standard InChI is InChI=1S/C15H11BrO2/c16-10-9-15(17)12-5-4-8-14(11-12)18-13-6-2-1-3-7-13/h1-8,11,15,17H. The van der Waals surface area contributed by atoms with Crippen molar-refractivity contribution in [2.45, 2.75) is 6.10 Å². The van der Waals surface area contributed by atoms with Crippen molar-refractivity contribution in [3.05, 3.63) is 60.2 Å². The van der Waals surface area contributed by atoms with E-state index in [4.69, 9.17) is 4.74 Å². The summed E-state index contributed by atoms with van der Waals surface area (Å²) in [5.74, 6) is 4.05. The Morgan fingerprint density at radius 3 is 2.44 bits per heavy atom. The molecule has 0 aliphatic rings. The molecule has 2 rings (SSSR count). The molecule has 0 saturated carbocycles. The first-order valence-electron chi connectivity index (χ1n) is 5.41. The maximum Gasteiger partial charge on any atom is 0.141 e. The van der Waals surface area contributed by atoms with E-state index in [-0.39, 0.29) is 0 Å². The highest BCUT2D eigenvalue weighted by molar-refractivity contribution is 9.12. The fourth-order valence-electron chi connectivity index (χ4n) is 1.51. The molecule has 0 bridgehead atoms. The highest BCUT2D eigenvalue weighted by atomic mass is 79.9. The first kappa shape index (κ1) is 12.7. The van der Waals surface area contributed by atoms with Crippen molar-refractivity contribution in [1.82, 2.24) is 0 Å². The zero-order valence-electron chi connectivity index (χ0n) is 9.51. The van der Waals surface area contributed by atoms with Crippen LogP contribution in [0.3, 0.4) is 0 Å². The Hall–Kier alpha value is -1.76. The number of hydrogen-bond donors (Lipinski definition) is 1. The number of para-hydroxylation sites is 1. The first-order chi connectivity index (χ1) is 8.79. The van der Waals surface area contributed by atoms with E-state index in [2.05, 4.69) is 26.7 Å². The molecule has 1 unspecified atom stereocenters. The van der Waals surface area contributed by atoms with Crippen LogP contribution in [0.25, 0.3) is 0 Å². The zero-order chi connectivity index (χ0) is 12.8. The van der Waals surface area contributed by atoms with Gasteiger partial charge in [-0.15, -0.1) is 0 Å². The molecule has 18 heavy (non-hydrogen) atoms. The Morgan fingerprint density at radius 1 is 1.00 bits per heavy atom. The molecular formula is C15H11BrO2. The molecule has 2 nitrogen and oxygen atoms in total. The van der Waals surface area contributed by atoms with E-state index in [0.29, 0.717) is 11.3 Å². The third kappa shape index (κ3) is 3.36. The monoisotopic (exact) mass is 302 g/mol. The molecule has 0 amide bonds. The van der Waals surface area contributed by atoms with Crippen LogP contribution >= 0.6 is 15.9 Å². The minimum atomic E-state index is -0.816. The van der Waals surface area contributed by atoms with Gasteiger partial charge in [-0.1, -0.05) is 36.3 Å². The summed E-state index contributed by atoms with van der Waals surface area (Å²) in [6, 6.07) is 16.7. The SMILES string of the molecule is OC(C#CBr)c1cccc(Oc2ccccc2)c1. The van der Waals surface area contributed by atoms with Gasteiger partial charge in [-0.05, 0) is 34.7 Å². The lowest BCUT2D eigenvalue weighted by atomic mass is 10.1. The summed E-state index contributed by atoms with van der Waals surface area (Å²) in [4.78, 5) is 2.51. The Labute approximate surface area is 114 Å². The van der Waals surface area contributed by atoms with Crippen LogP contribution in [0.2, 0.25) is 0 Å². The van der Waals surface area contributed by atoms with Crippen LogP contribution in [0.5, 0.6) is 11.5 Å². The van der Waals surface area contributed by atoms with Gasteiger partial charge >= 0.3 is 0 Å². The fraction of sp³-hybridized carbons (Fsp3) is 0.0667. The molecule has 0 fully saturated rings. The molecule has 2 aromatic rings. The van der Waals surface area contributed by atoms with Gasteiger partial charge in [0.2, 0.25) is 0 Å². The van der Waals surface area contributed by atoms with Crippen molar-refractivity contribution >= 4 is 15.9 Å². The lowest BCUT2D eigenvalue weighted by molar-refractivity contribution is 0.238. The van der Waals surface area contributed by atoms with Gasteiger partial charge in [0, 0.05) is 15.9 Å². The average Bonchev–Trinajstić information content (AvgIpc) is 2.40. The second-order valence-corrected chi connectivity index (χ2v) is 4.03. The molecule has 1 atom stereocenters. The highest BCUT2D eigenvalue weighted by Gasteiger charge is 2.05. The molecule has 0 aromatic heterocycles. The Bertz CT molecular complexity index is 570. The largest absolute Gasteiger partial charge is 0.457 e. The van der Waals surface area contributed by atoms with Crippen LogP contribution in [-0.2, 0) is 0 Å². The number of benzene rings is 2. The third-order valence-corrected chi connectivity index (χ3v) is 2.57. The fourth-order valence-corrected chi connectivity index (χ4v) is 1.72. The van der Waals surface area contributed by atoms with Crippen LogP contribution in [0.4, 0.5) is 0 Å². The number of rotatable bonds is 3. The minimum Gasteiger partial charge on any atom is -0.457 e. The van der Waals surface area contributed by atoms with Crippen molar-refractivity contribution in [1.29, 1.82) is 0 Å². The van der Waals surface area contributed by atoms with E-state index in [1.54, 1.807) is 12.1 Å². The summed E-state index contributed by atoms with van der Waals surface area (Å²) in [5, 5.41) is 9.75. The van der Waals surface area contributed by atoms with Crippen molar-refractivity contribution in [3.63, 3.8) is 0 Å². The average molecular weight is 303 g/mol. The predicted octanol–water partition coefficient (Wildman–Crippen LogP) is 3.87. The van der Waals surface area contributed by atoms with Gasteiger partial charge in [0.05, 0.1) is 0 Å². The molecular weight excluding hydrogens is 292 g/mol. The first-order valence-corrected chi connectivity index (χ1v) is 6.21. The van der Waals surface area contributed by atoms with E-state index in [1.807, 2.05) is 42.5 Å². The summed E-state index contributed by atoms with van der Waals surface area (Å²) < 4.78 is 5.68. The summed E-state index contributed by atoms with van der Waals surface area (Å²) in [5.41, 5.74) is 0.704. The molecule has 1 N–H and O–H groups in total. The van der Waals surface area contributed by atoms with Gasteiger partial charge in [0.1, 0.15) is 17.6 Å². The van der Waals surface area contributed by atoms with Gasteiger partial charge in [-0.2, -0.15) is 0 Å². The highest BCUT2D eigenvalue weighted by Crippen LogP contribution is 2.24. The maximum atomic E-state index is 9.75. The second kappa shape index (κ2) is 6.25. The summed E-state index contributed by atoms with van der Waals surface area (Å²) in [7, 11) is 0. The van der Waals surface area contributed by atoms with Crippen LogP contribution < -0.4 is 4.74 Å². The molecule has 2 aromatic carbocycles. The molecule has 0 radical (unpaired) electrons. The smallest absolute Gasteiger partial charge is 0.141 e. The number of halogens is 1. The normalized spacial score (nSPS) is 11.2. The van der Waals surface area contributed by atoms with Crippen molar-refractivity contribution < 1.29 is 9.84 Å². The van der Waals surface area contributed by atoms with E-state index < -0.39 is 6.10 Å². The topological polar surface area (TPSA) is 29.5 Å². The summed E-state index contributed by atoms with van der Waals surface area (Å²) in [6.45, 7) is 0. The van der Waals surface area contributed by atoms with E-state index in [0.717, 1.165) is 5.75 Å². The van der Waals surface area contributed by atoms with Gasteiger partial charge in [0.25, 0.3) is 0 Å². The molecule has 0 aliphatic heterocycles. The minimum absolute atomic E-state index is 0.675. The van der Waals surface area contributed by atoms with E-state index in [9.17, 15) is 5.11 Å². The van der Waals surface area contributed by atoms with Gasteiger partial charge < -0.3 is 9.84 Å². The van der Waals surface area contributed by atoms with Crippen LogP contribution in [-0.4, -0.2) is 5.11 Å². The quantitative estimate of drug-likeness (QED) is 0.872. The Kier molecular flexibility index (Phi) is 4.40. The molecule has 3 heteroatoms. The molecule has 0 aliphatic carbocycles. The lowest BCUT2D eigenvalue weighted by Crippen LogP contribution is -1.94. The molecule has 0 heterocycles. The van der Waals surface area contributed by atoms with Crippen molar-refractivity contribution in [2.75, 3.05) is 0 Å². The maximum absolute atomic E-state index is 9.75. The Balaban J connectivity index is 2.19. The number of ether oxygens (including phenoxy) is 1. The number of hydrogen-bond acceptors (Lipinski definition) is 2. The molecule has 0 spiro atoms. The van der Waals surface area contributed by atoms with E-state index in [1.165, 1.54) is 0 Å². The zero-order valence-corrected chi connectivity index (χ0v) is 11.1. The van der Waals surface area contributed by atoms with Crippen molar-refractivity contribution in [2.24, 2.45) is 0 Å². The predicted molar refractivity (Wildman–Crippen MR) is 74.6 cm³/mol. The number of aliphatic hydroxyl groups is 1. The lowest BCUT2D eigenvalue weighted by Gasteiger charge is -2.08. The Morgan fingerprint density at radius 2 is 1.72 bits per heavy atom. The van der Waals surface area contributed by atoms with Crippen LogP contribution in [0.15, 0.2) is 54.6 Å². The van der Waals surface area contributed by atoms with Gasteiger partial charge in [0.15, 0.2) is 0 Å². The van der Waals surface area contributed by atoms with Crippen molar-refractivity contribution in [3.8, 4) is 22.2 Å². The van der Waals surface area contributed by atoms with Gasteiger partial charge in [-0.25, -0.2) is 0 Å². The molecule has 0 saturated heterocycles. The number of aliphatic hydroxyl groups excluding tert-OH is 1. The van der Waals surface area contributed by atoms with Crippen LogP contribution in [0.1, 0.15) is 11.7 Å². The van der Waals surface area contributed by atoms with Crippen LogP contribution in [0, 0.1) is 10.8 Å². The third-order valence-electron chi connectivity index (χ3n) is 2.34. The second-order valence-electron chi connectivity index (χ2n) is 3.63. The van der Waals surface area contributed by atoms with E-state index >= 15 is 0 Å². The summed E-state index contributed by atoms with van der Waals surface area (Å²) >= 11 is 2.97. The summed E-state index contributed by atoms with van der Waals surface area (Å²) in [6.07, 6.45) is -0.816. The van der Waals surface area contributed by atoms with Gasteiger partial charge in [-0.3, -0.25) is 0 Å². The molecule has 90 valence electrons.